The lowest BCUT2D eigenvalue weighted by Gasteiger charge is -2.10. The van der Waals surface area contributed by atoms with Crippen LogP contribution in [-0.2, 0) is 0 Å². The van der Waals surface area contributed by atoms with Gasteiger partial charge in [0, 0.05) is 0 Å². The number of hydrogen-bond acceptors (Lipinski definition) is 1. The lowest BCUT2D eigenvalue weighted by Crippen LogP contribution is -2.35. The van der Waals surface area contributed by atoms with Gasteiger partial charge in [-0.15, -0.1) is 0 Å². The van der Waals surface area contributed by atoms with E-state index in [9.17, 15) is 22.0 Å². The van der Waals surface area contributed by atoms with Crippen molar-refractivity contribution in [1.82, 2.24) is 0 Å². The second kappa shape index (κ2) is 7.00. The number of hydrogen-bond donors (Lipinski definition) is 1. The van der Waals surface area contributed by atoms with Gasteiger partial charge in [-0.25, -0.2) is 0 Å². The Kier molecular flexibility index (Phi) is 17.6. The van der Waals surface area contributed by atoms with E-state index in [0.29, 0.717) is 0 Å². The minimum absolute atomic E-state index is 0. The first-order chi connectivity index (χ1) is 3.25. The molecule has 0 bridgehead atoms. The van der Waals surface area contributed by atoms with Gasteiger partial charge in [0.05, 0.1) is 0 Å². The van der Waals surface area contributed by atoms with E-state index in [4.69, 9.17) is 5.11 Å². The van der Waals surface area contributed by atoms with Crippen LogP contribution in [-0.4, -0.2) is 17.4 Å². The minimum Gasteiger partial charge on any atom is -0.329 e. The third-order valence-corrected chi connectivity index (χ3v) is 0.341. The Morgan fingerprint density at radius 1 is 0.667 bits per heavy atom. The highest BCUT2D eigenvalue weighted by molar-refractivity contribution is 4.59. The Balaban J connectivity index is -0.0000000408. The molecule has 0 heterocycles. The van der Waals surface area contributed by atoms with Crippen molar-refractivity contribution in [3.8, 4) is 0 Å². The summed E-state index contributed by atoms with van der Waals surface area (Å²) in [5, 5.41) is 6.90. The maximum atomic E-state index is 10.7. The summed E-state index contributed by atoms with van der Waals surface area (Å²) in [6.45, 7) is 0. The van der Waals surface area contributed by atoms with Crippen LogP contribution >= 0.6 is 0 Å². The molecule has 10 heteroatoms. The maximum absolute atomic E-state index is 10.7. The van der Waals surface area contributed by atoms with Crippen LogP contribution in [0.1, 0.15) is 0 Å². The van der Waals surface area contributed by atoms with E-state index < -0.39 is 12.3 Å². The first kappa shape index (κ1) is 30.2. The molecular weight excluding hydrogens is 211 g/mol. The number of alkyl halides is 5. The molecule has 1 N–H and O–H groups in total. The van der Waals surface area contributed by atoms with E-state index in [-0.39, 0.29) is 18.8 Å². The van der Waals surface area contributed by atoms with Gasteiger partial charge in [0.1, 0.15) is 0 Å². The third kappa shape index (κ3) is 9.33. The van der Waals surface area contributed by atoms with Crippen molar-refractivity contribution in [3.05, 3.63) is 0 Å². The first-order valence-electron chi connectivity index (χ1n) is 1.42. The van der Waals surface area contributed by atoms with E-state index in [2.05, 4.69) is 0 Å². The van der Waals surface area contributed by atoms with Crippen molar-refractivity contribution in [1.29, 1.82) is 0 Å². The quantitative estimate of drug-likeness (QED) is 0.611. The molecule has 0 saturated heterocycles. The molecule has 0 aliphatic carbocycles. The highest BCUT2D eigenvalue weighted by Gasteiger charge is 2.56. The molecule has 0 spiro atoms. The largest absolute Gasteiger partial charge is 0.482 e. The van der Waals surface area contributed by atoms with Gasteiger partial charge < -0.3 is 5.11 Å². The molecule has 0 aromatic heterocycles. The Bertz CT molecular complexity index is 67.5. The summed E-state index contributed by atoms with van der Waals surface area (Å²) in [5.74, 6) is 0. The first-order valence-corrected chi connectivity index (χ1v) is 1.42. The Morgan fingerprint density at radius 2 is 0.750 bits per heavy atom. The summed E-state index contributed by atoms with van der Waals surface area (Å²) in [6, 6.07) is 0. The molecule has 82 valence electrons. The van der Waals surface area contributed by atoms with Crippen LogP contribution < -0.4 is 0 Å². The number of rotatable bonds is 0. The molecule has 0 unspecified atom stereocenters. The van der Waals surface area contributed by atoms with E-state index in [1.807, 2.05) is 0 Å². The normalized spacial score (nSPS) is 9.50. The zero-order valence-electron chi connectivity index (χ0n) is 4.97. The van der Waals surface area contributed by atoms with Crippen molar-refractivity contribution >= 4 is 0 Å². The fraction of sp³-hybridized carbons (Fsp3) is 1.00. The number of aliphatic hydroxyl groups is 1. The molecule has 0 aliphatic heterocycles. The van der Waals surface area contributed by atoms with E-state index in [0.717, 1.165) is 0 Å². The van der Waals surface area contributed by atoms with Crippen molar-refractivity contribution in [2.24, 2.45) is 0 Å². The third-order valence-electron chi connectivity index (χ3n) is 0.341. The van der Waals surface area contributed by atoms with Crippen LogP contribution in [0.2, 0.25) is 0 Å². The van der Waals surface area contributed by atoms with Gasteiger partial charge in [0.2, 0.25) is 0 Å². The van der Waals surface area contributed by atoms with Crippen LogP contribution in [0.25, 0.3) is 0 Å². The second-order valence-corrected chi connectivity index (χ2v) is 1.04. The molecule has 0 fully saturated rings. The van der Waals surface area contributed by atoms with Crippen LogP contribution in [0, 0.1) is 0 Å². The van der Waals surface area contributed by atoms with E-state index in [1.54, 1.807) is 0 Å². The summed E-state index contributed by atoms with van der Waals surface area (Å²) in [5.41, 5.74) is 0. The summed E-state index contributed by atoms with van der Waals surface area (Å²) in [7, 11) is 0. The zero-order valence-corrected chi connectivity index (χ0v) is 4.97. The Morgan fingerprint density at radius 3 is 0.750 bits per heavy atom. The van der Waals surface area contributed by atoms with Crippen LogP contribution in [0.4, 0.5) is 40.8 Å². The van der Waals surface area contributed by atoms with Gasteiger partial charge in [-0.05, 0) is 0 Å². The fourth-order valence-electron chi connectivity index (χ4n) is 0. The molecule has 0 rings (SSSR count). The molecule has 0 saturated carbocycles. The minimum atomic E-state index is -5.84. The molecule has 0 aliphatic rings. The van der Waals surface area contributed by atoms with Gasteiger partial charge in [-0.1, -0.05) is 0 Å². The smallest absolute Gasteiger partial charge is 0.329 e. The van der Waals surface area contributed by atoms with Crippen LogP contribution in [0.5, 0.6) is 0 Å². The molecule has 0 aromatic rings. The second-order valence-electron chi connectivity index (χ2n) is 1.04. The highest BCUT2D eigenvalue weighted by Crippen LogP contribution is 2.32. The summed E-state index contributed by atoms with van der Waals surface area (Å²) >= 11 is 0. The van der Waals surface area contributed by atoms with Gasteiger partial charge in [0.15, 0.2) is 0 Å². The van der Waals surface area contributed by atoms with Crippen molar-refractivity contribution in [2.75, 3.05) is 0 Å². The van der Waals surface area contributed by atoms with Crippen molar-refractivity contribution in [3.63, 3.8) is 0 Å². The predicted octanol–water partition coefficient (Wildman–Crippen LogP) is 1.74. The summed E-state index contributed by atoms with van der Waals surface area (Å²) < 4.78 is 53.0. The Labute approximate surface area is 59.6 Å². The molecule has 0 atom stereocenters. The Hall–Kier alpha value is -0.670. The molecule has 1 nitrogen and oxygen atoms in total. The van der Waals surface area contributed by atoms with E-state index in [1.165, 1.54) is 0 Å². The van der Waals surface area contributed by atoms with Gasteiger partial charge in [-0.2, -0.15) is 22.0 Å². The average molecular weight is 216 g/mol. The van der Waals surface area contributed by atoms with Gasteiger partial charge in [0.25, 0.3) is 0 Å². The van der Waals surface area contributed by atoms with Gasteiger partial charge >= 0.3 is 12.3 Å². The molecule has 12 heavy (non-hydrogen) atoms. The highest BCUT2D eigenvalue weighted by atomic mass is 19.4. The molecular formula is C2H5F9O. The predicted molar refractivity (Wildman–Crippen MR) is 23.2 cm³/mol. The van der Waals surface area contributed by atoms with E-state index >= 15 is 0 Å². The lowest BCUT2D eigenvalue weighted by molar-refractivity contribution is -0.374. The average Bonchev–Trinajstić information content (AvgIpc) is 1.25. The van der Waals surface area contributed by atoms with Crippen molar-refractivity contribution in [2.45, 2.75) is 12.3 Å². The fourth-order valence-corrected chi connectivity index (χ4v) is 0. The standard InChI is InChI=1S/C2HF5O.4FH/c3-1(4,5)2(6,7)8;;;;/h8H;4*1H. The van der Waals surface area contributed by atoms with Crippen LogP contribution in [0.3, 0.4) is 0 Å². The molecule has 0 radical (unpaired) electrons. The topological polar surface area (TPSA) is 20.2 Å². The summed E-state index contributed by atoms with van der Waals surface area (Å²) in [4.78, 5) is 0. The summed E-state index contributed by atoms with van der Waals surface area (Å²) in [6.07, 6.45) is -11.4. The maximum Gasteiger partial charge on any atom is 0.482 e. The zero-order chi connectivity index (χ0) is 7.00. The van der Waals surface area contributed by atoms with Gasteiger partial charge in [-0.3, -0.25) is 18.8 Å². The molecule has 0 aromatic carbocycles. The van der Waals surface area contributed by atoms with Crippen LogP contribution in [0.15, 0.2) is 0 Å². The van der Waals surface area contributed by atoms with Crippen molar-refractivity contribution < 1.29 is 45.9 Å². The lowest BCUT2D eigenvalue weighted by atomic mass is 10.6. The molecule has 0 amide bonds. The number of halogens is 9. The monoisotopic (exact) mass is 216 g/mol. The SMILES string of the molecule is F.F.F.F.OC(F)(F)C(F)(F)F.